The van der Waals surface area contributed by atoms with Crippen LogP contribution in [0.15, 0.2) is 23.7 Å². The third-order valence-electron chi connectivity index (χ3n) is 5.14. The zero-order chi connectivity index (χ0) is 19.5. The molecule has 2 N–H and O–H groups in total. The van der Waals surface area contributed by atoms with Crippen molar-refractivity contribution in [2.24, 2.45) is 11.3 Å². The van der Waals surface area contributed by atoms with E-state index in [0.29, 0.717) is 25.7 Å². The summed E-state index contributed by atoms with van der Waals surface area (Å²) in [5.41, 5.74) is 0.255. The molecule has 1 aliphatic heterocycles. The Balaban J connectivity index is 2.17. The Kier molecular flexibility index (Phi) is 6.34. The fourth-order valence-electron chi connectivity index (χ4n) is 3.65. The lowest BCUT2D eigenvalue weighted by Gasteiger charge is -2.37. The van der Waals surface area contributed by atoms with Crippen molar-refractivity contribution in [3.8, 4) is 0 Å². The lowest BCUT2D eigenvalue weighted by atomic mass is 9.67. The summed E-state index contributed by atoms with van der Waals surface area (Å²) in [6.07, 6.45) is 0.874. The number of aliphatic carboxylic acids is 1. The average Bonchev–Trinajstić information content (AvgIpc) is 3.02. The van der Waals surface area contributed by atoms with Gasteiger partial charge >= 0.3 is 11.9 Å². The summed E-state index contributed by atoms with van der Waals surface area (Å²) < 4.78 is 16.6. The predicted octanol–water partition coefficient (Wildman–Crippen LogP) is 2.39. The Morgan fingerprint density at radius 3 is 2.54 bits per heavy atom. The summed E-state index contributed by atoms with van der Waals surface area (Å²) in [4.78, 5) is 23.4. The standard InChI is InChI=1S/C19H28O7/c1-5-19(18(22)23)7-12(4)6-13(8-19)17-25-14(9-20)15(26-17)10-24-16(21)11(2)3/h12,14-15,20H,2,5-10H2,1,3-4H3,(H,22,23)/b17-13-. The first-order chi connectivity index (χ1) is 12.2. The molecule has 0 spiro atoms. The third-order valence-corrected chi connectivity index (χ3v) is 5.14. The van der Waals surface area contributed by atoms with Gasteiger partial charge in [0.2, 0.25) is 0 Å². The van der Waals surface area contributed by atoms with Crippen LogP contribution in [0.1, 0.15) is 46.5 Å². The minimum Gasteiger partial charge on any atom is -0.481 e. The maximum atomic E-state index is 11.8. The second-order valence-electron chi connectivity index (χ2n) is 7.39. The van der Waals surface area contributed by atoms with E-state index in [4.69, 9.17) is 14.2 Å². The molecule has 1 saturated heterocycles. The number of ether oxygens (including phenoxy) is 3. The van der Waals surface area contributed by atoms with Crippen molar-refractivity contribution >= 4 is 11.9 Å². The summed E-state index contributed by atoms with van der Waals surface area (Å²) in [7, 11) is 0. The van der Waals surface area contributed by atoms with Gasteiger partial charge in [-0.3, -0.25) is 4.79 Å². The van der Waals surface area contributed by atoms with Crippen LogP contribution in [0.4, 0.5) is 0 Å². The average molecular weight is 368 g/mol. The summed E-state index contributed by atoms with van der Waals surface area (Å²) in [6, 6.07) is 0. The fraction of sp³-hybridized carbons (Fsp3) is 0.684. The van der Waals surface area contributed by atoms with Crippen LogP contribution in [0, 0.1) is 11.3 Å². The van der Waals surface area contributed by atoms with Crippen LogP contribution in [0.2, 0.25) is 0 Å². The summed E-state index contributed by atoms with van der Waals surface area (Å²) in [5, 5.41) is 19.2. The third kappa shape index (κ3) is 4.20. The molecule has 146 valence electrons. The number of esters is 1. The molecular formula is C19H28O7. The summed E-state index contributed by atoms with van der Waals surface area (Å²) in [5.74, 6) is -0.893. The first kappa shape index (κ1) is 20.3. The van der Waals surface area contributed by atoms with E-state index in [-0.39, 0.29) is 30.6 Å². The van der Waals surface area contributed by atoms with E-state index < -0.39 is 29.6 Å². The highest BCUT2D eigenvalue weighted by atomic mass is 16.7. The summed E-state index contributed by atoms with van der Waals surface area (Å²) >= 11 is 0. The normalized spacial score (nSPS) is 33.9. The zero-order valence-electron chi connectivity index (χ0n) is 15.6. The van der Waals surface area contributed by atoms with Crippen molar-refractivity contribution in [2.75, 3.05) is 13.2 Å². The van der Waals surface area contributed by atoms with Gasteiger partial charge < -0.3 is 24.4 Å². The van der Waals surface area contributed by atoms with Crippen LogP contribution in [-0.2, 0) is 23.8 Å². The maximum absolute atomic E-state index is 11.8. The minimum absolute atomic E-state index is 0.0683. The number of rotatable bonds is 6. The molecule has 0 aromatic carbocycles. The number of carboxylic acid groups (broad SMARTS) is 1. The Bertz CT molecular complexity index is 609. The minimum atomic E-state index is -0.827. The van der Waals surface area contributed by atoms with E-state index in [9.17, 15) is 19.8 Å². The van der Waals surface area contributed by atoms with Gasteiger partial charge in [-0.15, -0.1) is 0 Å². The molecule has 7 nitrogen and oxygen atoms in total. The van der Waals surface area contributed by atoms with E-state index in [1.165, 1.54) is 0 Å². The van der Waals surface area contributed by atoms with Crippen LogP contribution in [0.5, 0.6) is 0 Å². The molecule has 4 unspecified atom stereocenters. The van der Waals surface area contributed by atoms with Crippen molar-refractivity contribution in [1.82, 2.24) is 0 Å². The maximum Gasteiger partial charge on any atom is 0.333 e. The molecule has 0 bridgehead atoms. The largest absolute Gasteiger partial charge is 0.481 e. The molecular weight excluding hydrogens is 340 g/mol. The first-order valence-electron chi connectivity index (χ1n) is 8.94. The number of aliphatic hydroxyl groups excluding tert-OH is 1. The van der Waals surface area contributed by atoms with E-state index in [0.717, 1.165) is 5.57 Å². The van der Waals surface area contributed by atoms with Crippen LogP contribution in [0.25, 0.3) is 0 Å². The lowest BCUT2D eigenvalue weighted by Crippen LogP contribution is -2.36. The summed E-state index contributed by atoms with van der Waals surface area (Å²) in [6.45, 7) is 8.59. The number of carbonyl (C=O) groups is 2. The Morgan fingerprint density at radius 2 is 2.00 bits per heavy atom. The van der Waals surface area contributed by atoms with Crippen LogP contribution < -0.4 is 0 Å². The van der Waals surface area contributed by atoms with Gasteiger partial charge in [0.1, 0.15) is 6.61 Å². The van der Waals surface area contributed by atoms with Crippen LogP contribution in [0.3, 0.4) is 0 Å². The number of carboxylic acids is 1. The smallest absolute Gasteiger partial charge is 0.333 e. The number of carbonyl (C=O) groups excluding carboxylic acids is 1. The topological polar surface area (TPSA) is 102 Å². The molecule has 2 aliphatic rings. The quantitative estimate of drug-likeness (QED) is 0.548. The van der Waals surface area contributed by atoms with Gasteiger partial charge in [-0.2, -0.15) is 0 Å². The predicted molar refractivity (Wildman–Crippen MR) is 93.0 cm³/mol. The van der Waals surface area contributed by atoms with Gasteiger partial charge in [0.15, 0.2) is 12.2 Å². The van der Waals surface area contributed by atoms with Gasteiger partial charge in [-0.05, 0) is 38.5 Å². The highest BCUT2D eigenvalue weighted by Crippen LogP contribution is 2.46. The molecule has 2 rings (SSSR count). The van der Waals surface area contributed by atoms with Crippen molar-refractivity contribution in [3.05, 3.63) is 23.7 Å². The number of aliphatic hydroxyl groups is 1. The Labute approximate surface area is 153 Å². The van der Waals surface area contributed by atoms with Crippen LogP contribution >= 0.6 is 0 Å². The van der Waals surface area contributed by atoms with Crippen molar-refractivity contribution in [1.29, 1.82) is 0 Å². The molecule has 1 heterocycles. The highest BCUT2D eigenvalue weighted by Gasteiger charge is 2.45. The number of hydrogen-bond acceptors (Lipinski definition) is 6. The zero-order valence-corrected chi connectivity index (χ0v) is 15.6. The van der Waals surface area contributed by atoms with Gasteiger partial charge in [-0.1, -0.05) is 20.4 Å². The second kappa shape index (κ2) is 8.12. The number of hydrogen-bond donors (Lipinski definition) is 2. The SMILES string of the molecule is C=C(C)C(=O)OCC1O/C(=C2/CC(C)CC(CC)(C(=O)O)C2)OC1CO. The molecule has 1 saturated carbocycles. The Hall–Kier alpha value is -2.02. The highest BCUT2D eigenvalue weighted by molar-refractivity contribution is 5.86. The molecule has 0 radical (unpaired) electrons. The van der Waals surface area contributed by atoms with E-state index in [2.05, 4.69) is 6.58 Å². The monoisotopic (exact) mass is 368 g/mol. The molecule has 0 amide bonds. The van der Waals surface area contributed by atoms with E-state index in [1.807, 2.05) is 13.8 Å². The lowest BCUT2D eigenvalue weighted by molar-refractivity contribution is -0.151. The van der Waals surface area contributed by atoms with Crippen LogP contribution in [-0.4, -0.2) is 47.6 Å². The van der Waals surface area contributed by atoms with Gasteiger partial charge in [-0.25, -0.2) is 4.79 Å². The molecule has 2 fully saturated rings. The molecule has 0 aromatic rings. The molecule has 1 aliphatic carbocycles. The van der Waals surface area contributed by atoms with Gasteiger partial charge in [0.05, 0.1) is 12.0 Å². The number of allylic oxidation sites excluding steroid dienone is 1. The molecule has 7 heteroatoms. The Morgan fingerprint density at radius 1 is 1.35 bits per heavy atom. The van der Waals surface area contributed by atoms with E-state index >= 15 is 0 Å². The van der Waals surface area contributed by atoms with Crippen molar-refractivity contribution < 1.29 is 34.0 Å². The molecule has 26 heavy (non-hydrogen) atoms. The van der Waals surface area contributed by atoms with Gasteiger partial charge in [0, 0.05) is 11.1 Å². The van der Waals surface area contributed by atoms with Gasteiger partial charge in [0.25, 0.3) is 5.95 Å². The first-order valence-corrected chi connectivity index (χ1v) is 8.94. The molecule has 4 atom stereocenters. The van der Waals surface area contributed by atoms with Crippen molar-refractivity contribution in [3.63, 3.8) is 0 Å². The second-order valence-corrected chi connectivity index (χ2v) is 7.39. The van der Waals surface area contributed by atoms with Crippen molar-refractivity contribution in [2.45, 2.75) is 58.7 Å². The van der Waals surface area contributed by atoms with E-state index in [1.54, 1.807) is 6.92 Å². The fourth-order valence-corrected chi connectivity index (χ4v) is 3.65. The molecule has 0 aromatic heterocycles.